The van der Waals surface area contributed by atoms with Crippen LogP contribution in [-0.2, 0) is 0 Å². The standard InChI is InChI=1S/C10H23Cl2N2O/c1-10(2,13(11)12)6-8-14(3,4)7-5-9-15/h15H,5-9H2,1-4H3/q+1. The number of nitrogens with zero attached hydrogens (tertiary/aromatic N) is 2. The van der Waals surface area contributed by atoms with Crippen molar-refractivity contribution in [1.82, 2.24) is 3.94 Å². The molecule has 0 aromatic rings. The van der Waals surface area contributed by atoms with Crippen LogP contribution >= 0.6 is 23.6 Å². The van der Waals surface area contributed by atoms with E-state index in [4.69, 9.17) is 28.7 Å². The lowest BCUT2D eigenvalue weighted by molar-refractivity contribution is -0.891. The number of aliphatic hydroxyl groups excluding tert-OH is 1. The van der Waals surface area contributed by atoms with Crippen LogP contribution < -0.4 is 0 Å². The second kappa shape index (κ2) is 6.26. The zero-order chi connectivity index (χ0) is 12.1. The first-order chi connectivity index (χ1) is 6.71. The van der Waals surface area contributed by atoms with E-state index in [9.17, 15) is 0 Å². The maximum Gasteiger partial charge on any atom is 0.0804 e. The minimum absolute atomic E-state index is 0.210. The zero-order valence-electron chi connectivity index (χ0n) is 10.1. The van der Waals surface area contributed by atoms with Crippen LogP contribution in [0, 0.1) is 0 Å². The van der Waals surface area contributed by atoms with Crippen molar-refractivity contribution in [3.8, 4) is 0 Å². The summed E-state index contributed by atoms with van der Waals surface area (Å²) in [6.07, 6.45) is 1.75. The van der Waals surface area contributed by atoms with Gasteiger partial charge in [-0.05, 0) is 37.4 Å². The largest absolute Gasteiger partial charge is 0.396 e. The Morgan fingerprint density at radius 3 is 2.13 bits per heavy atom. The molecule has 0 atom stereocenters. The van der Waals surface area contributed by atoms with E-state index in [2.05, 4.69) is 14.1 Å². The molecule has 0 unspecified atom stereocenters. The number of rotatable bonds is 7. The van der Waals surface area contributed by atoms with Gasteiger partial charge in [0.15, 0.2) is 0 Å². The molecule has 5 heteroatoms. The summed E-state index contributed by atoms with van der Waals surface area (Å²) in [5.41, 5.74) is -0.210. The number of quaternary nitrogens is 1. The van der Waals surface area contributed by atoms with E-state index >= 15 is 0 Å². The average molecular weight is 258 g/mol. The quantitative estimate of drug-likeness (QED) is 0.559. The van der Waals surface area contributed by atoms with E-state index in [1.807, 2.05) is 13.8 Å². The fourth-order valence-electron chi connectivity index (χ4n) is 1.27. The van der Waals surface area contributed by atoms with Gasteiger partial charge >= 0.3 is 0 Å². The molecule has 0 bridgehead atoms. The summed E-state index contributed by atoms with van der Waals surface area (Å²) in [5, 5.41) is 8.79. The Morgan fingerprint density at radius 2 is 1.73 bits per heavy atom. The van der Waals surface area contributed by atoms with Gasteiger partial charge in [-0.25, -0.2) is 0 Å². The molecule has 0 spiro atoms. The van der Waals surface area contributed by atoms with Crippen molar-refractivity contribution in [1.29, 1.82) is 0 Å². The topological polar surface area (TPSA) is 23.5 Å². The van der Waals surface area contributed by atoms with Gasteiger partial charge in [0.25, 0.3) is 0 Å². The van der Waals surface area contributed by atoms with Gasteiger partial charge in [-0.2, -0.15) is 0 Å². The Bertz CT molecular complexity index is 184. The summed E-state index contributed by atoms with van der Waals surface area (Å²) in [7, 11) is 4.30. The molecule has 0 rings (SSSR count). The summed E-state index contributed by atoms with van der Waals surface area (Å²) in [5.74, 6) is 0. The Morgan fingerprint density at radius 1 is 1.20 bits per heavy atom. The van der Waals surface area contributed by atoms with Gasteiger partial charge in [-0.1, -0.05) is 0 Å². The Balaban J connectivity index is 4.02. The highest BCUT2D eigenvalue weighted by Gasteiger charge is 2.28. The van der Waals surface area contributed by atoms with E-state index < -0.39 is 0 Å². The molecule has 0 aromatic heterocycles. The summed E-state index contributed by atoms with van der Waals surface area (Å²) in [6.45, 7) is 6.24. The average Bonchev–Trinajstić information content (AvgIpc) is 2.12. The van der Waals surface area contributed by atoms with Crippen molar-refractivity contribution < 1.29 is 9.59 Å². The highest BCUT2D eigenvalue weighted by atomic mass is 35.5. The van der Waals surface area contributed by atoms with Crippen molar-refractivity contribution in [2.75, 3.05) is 33.8 Å². The summed E-state index contributed by atoms with van der Waals surface area (Å²) < 4.78 is 2.10. The van der Waals surface area contributed by atoms with E-state index in [0.29, 0.717) is 0 Å². The molecule has 0 heterocycles. The van der Waals surface area contributed by atoms with Gasteiger partial charge in [0, 0.05) is 19.4 Å². The first-order valence-corrected chi connectivity index (χ1v) is 5.93. The molecule has 0 saturated heterocycles. The first-order valence-electron chi connectivity index (χ1n) is 5.26. The van der Waals surface area contributed by atoms with Crippen LogP contribution in [0.15, 0.2) is 0 Å². The summed E-state index contributed by atoms with van der Waals surface area (Å²) in [6, 6.07) is 0. The number of hydrogen-bond acceptors (Lipinski definition) is 2. The van der Waals surface area contributed by atoms with Gasteiger partial charge in [0.1, 0.15) is 0 Å². The highest BCUT2D eigenvalue weighted by Crippen LogP contribution is 2.24. The molecule has 15 heavy (non-hydrogen) atoms. The lowest BCUT2D eigenvalue weighted by Crippen LogP contribution is -2.45. The predicted molar refractivity (Wildman–Crippen MR) is 65.8 cm³/mol. The van der Waals surface area contributed by atoms with Crippen molar-refractivity contribution >= 4 is 23.6 Å². The van der Waals surface area contributed by atoms with Crippen LogP contribution in [0.5, 0.6) is 0 Å². The van der Waals surface area contributed by atoms with Crippen LogP contribution in [0.4, 0.5) is 0 Å². The van der Waals surface area contributed by atoms with Gasteiger partial charge in [-0.15, -0.1) is 3.94 Å². The molecule has 0 fully saturated rings. The van der Waals surface area contributed by atoms with E-state index in [1.165, 1.54) is 3.94 Å². The number of hydrogen-bond donors (Lipinski definition) is 1. The van der Waals surface area contributed by atoms with Gasteiger partial charge in [-0.3, -0.25) is 0 Å². The molecular formula is C10H23Cl2N2O+. The Hall–Kier alpha value is 0.460. The molecule has 0 aromatic carbocycles. The Labute approximate surface area is 103 Å². The molecule has 92 valence electrons. The summed E-state index contributed by atoms with van der Waals surface area (Å²) >= 11 is 11.5. The normalized spacial score (nSPS) is 13.6. The lowest BCUT2D eigenvalue weighted by atomic mass is 10.0. The molecule has 1 N–H and O–H groups in total. The molecule has 0 aliphatic carbocycles. The van der Waals surface area contributed by atoms with Crippen LogP contribution in [0.25, 0.3) is 0 Å². The van der Waals surface area contributed by atoms with Crippen molar-refractivity contribution in [2.45, 2.75) is 32.2 Å². The van der Waals surface area contributed by atoms with E-state index in [0.717, 1.165) is 30.4 Å². The van der Waals surface area contributed by atoms with Gasteiger partial charge in [0.2, 0.25) is 0 Å². The zero-order valence-corrected chi connectivity index (χ0v) is 11.6. The van der Waals surface area contributed by atoms with Crippen molar-refractivity contribution in [3.63, 3.8) is 0 Å². The minimum Gasteiger partial charge on any atom is -0.396 e. The number of aliphatic hydroxyl groups is 1. The second-order valence-corrected chi connectivity index (χ2v) is 6.10. The summed E-state index contributed by atoms with van der Waals surface area (Å²) in [4.78, 5) is 0. The smallest absolute Gasteiger partial charge is 0.0804 e. The third-order valence-corrected chi connectivity index (χ3v) is 3.62. The highest BCUT2D eigenvalue weighted by molar-refractivity contribution is 6.34. The lowest BCUT2D eigenvalue weighted by Gasteiger charge is -2.34. The molecule has 0 saturated carbocycles. The van der Waals surface area contributed by atoms with Crippen LogP contribution in [0.2, 0.25) is 0 Å². The molecule has 0 radical (unpaired) electrons. The molecular weight excluding hydrogens is 235 g/mol. The maximum atomic E-state index is 8.79. The van der Waals surface area contributed by atoms with Crippen LogP contribution in [0.1, 0.15) is 26.7 Å². The molecule has 3 nitrogen and oxygen atoms in total. The second-order valence-electron chi connectivity index (χ2n) is 5.26. The monoisotopic (exact) mass is 257 g/mol. The molecule has 0 amide bonds. The van der Waals surface area contributed by atoms with Crippen molar-refractivity contribution in [3.05, 3.63) is 0 Å². The molecule has 0 aliphatic rings. The fourth-order valence-corrected chi connectivity index (χ4v) is 1.44. The minimum atomic E-state index is -0.210. The van der Waals surface area contributed by atoms with Crippen LogP contribution in [-0.4, -0.2) is 52.9 Å². The third kappa shape index (κ3) is 6.59. The SMILES string of the molecule is CC(C)(CC[N+](C)(C)CCCO)N(Cl)Cl. The first kappa shape index (κ1) is 15.5. The van der Waals surface area contributed by atoms with Crippen LogP contribution in [0.3, 0.4) is 0 Å². The Kier molecular flexibility index (Phi) is 6.45. The van der Waals surface area contributed by atoms with Gasteiger partial charge in [0.05, 0.1) is 32.7 Å². The van der Waals surface area contributed by atoms with E-state index in [-0.39, 0.29) is 12.1 Å². The van der Waals surface area contributed by atoms with E-state index in [1.54, 1.807) is 0 Å². The maximum absolute atomic E-state index is 8.79. The number of halogens is 2. The fraction of sp³-hybridized carbons (Fsp3) is 1.00. The third-order valence-electron chi connectivity index (χ3n) is 2.71. The van der Waals surface area contributed by atoms with Gasteiger partial charge < -0.3 is 9.59 Å². The van der Waals surface area contributed by atoms with Crippen molar-refractivity contribution in [2.24, 2.45) is 0 Å². The predicted octanol–water partition coefficient (Wildman–Crippen LogP) is 2.22. The molecule has 0 aliphatic heterocycles.